The lowest BCUT2D eigenvalue weighted by Crippen LogP contribution is -2.44. The molecule has 4 nitrogen and oxygen atoms in total. The summed E-state index contributed by atoms with van der Waals surface area (Å²) < 4.78 is 6.36. The van der Waals surface area contributed by atoms with Crippen LogP contribution in [0.5, 0.6) is 0 Å². The first-order chi connectivity index (χ1) is 7.41. The average Bonchev–Trinajstić information content (AvgIpc) is 2.22. The van der Waals surface area contributed by atoms with Crippen LogP contribution in [0.2, 0.25) is 0 Å². The number of hydrogen-bond donors (Lipinski definition) is 0. The Kier molecular flexibility index (Phi) is 3.52. The molecule has 1 heterocycles. The molecule has 0 aliphatic rings. The zero-order valence-electron chi connectivity index (χ0n) is 10.1. The van der Waals surface area contributed by atoms with Crippen LogP contribution in [0.1, 0.15) is 26.3 Å². The summed E-state index contributed by atoms with van der Waals surface area (Å²) in [5.74, 6) is -0.400. The molecule has 1 rings (SSSR count). The second-order valence-electron chi connectivity index (χ2n) is 4.15. The molecule has 0 fully saturated rings. The fraction of sp³-hybridized carbons (Fsp3) is 0.500. The van der Waals surface area contributed by atoms with Gasteiger partial charge in [0.05, 0.1) is 6.61 Å². The SMILES string of the molecule is CCOC(=O)C(C)(C)n1cccc(C)c1=O. The molecular weight excluding hydrogens is 206 g/mol. The molecule has 0 radical (unpaired) electrons. The van der Waals surface area contributed by atoms with Gasteiger partial charge in [-0.05, 0) is 33.8 Å². The zero-order valence-corrected chi connectivity index (χ0v) is 10.1. The van der Waals surface area contributed by atoms with E-state index in [0.29, 0.717) is 12.2 Å². The Hall–Kier alpha value is -1.58. The Balaban J connectivity index is 3.22. The Labute approximate surface area is 94.9 Å². The van der Waals surface area contributed by atoms with Gasteiger partial charge in [0, 0.05) is 11.8 Å². The van der Waals surface area contributed by atoms with E-state index in [9.17, 15) is 9.59 Å². The van der Waals surface area contributed by atoms with Crippen LogP contribution < -0.4 is 5.56 Å². The molecule has 0 saturated carbocycles. The highest BCUT2D eigenvalue weighted by Crippen LogP contribution is 2.14. The van der Waals surface area contributed by atoms with Gasteiger partial charge >= 0.3 is 5.97 Å². The van der Waals surface area contributed by atoms with Gasteiger partial charge in [-0.3, -0.25) is 9.36 Å². The lowest BCUT2D eigenvalue weighted by molar-refractivity contribution is -0.152. The number of pyridine rings is 1. The van der Waals surface area contributed by atoms with Crippen molar-refractivity contribution in [3.63, 3.8) is 0 Å². The summed E-state index contributed by atoms with van der Waals surface area (Å²) in [6.45, 7) is 7.12. The standard InChI is InChI=1S/C12H17NO3/c1-5-16-11(15)12(3,4)13-8-6-7-9(2)10(13)14/h6-8H,5H2,1-4H3. The van der Waals surface area contributed by atoms with Crippen molar-refractivity contribution in [2.45, 2.75) is 33.2 Å². The predicted molar refractivity (Wildman–Crippen MR) is 61.4 cm³/mol. The maximum atomic E-state index is 11.9. The molecular formula is C12H17NO3. The van der Waals surface area contributed by atoms with Crippen molar-refractivity contribution in [2.24, 2.45) is 0 Å². The van der Waals surface area contributed by atoms with E-state index in [1.807, 2.05) is 0 Å². The molecule has 0 amide bonds. The molecule has 0 bridgehead atoms. The smallest absolute Gasteiger partial charge is 0.331 e. The Morgan fingerprint density at radius 2 is 2.12 bits per heavy atom. The monoisotopic (exact) mass is 223 g/mol. The van der Waals surface area contributed by atoms with Gasteiger partial charge in [0.25, 0.3) is 5.56 Å². The van der Waals surface area contributed by atoms with Crippen LogP contribution >= 0.6 is 0 Å². The van der Waals surface area contributed by atoms with Gasteiger partial charge < -0.3 is 4.74 Å². The van der Waals surface area contributed by atoms with Crippen LogP contribution in [0.3, 0.4) is 0 Å². The first-order valence-electron chi connectivity index (χ1n) is 5.27. The van der Waals surface area contributed by atoms with Crippen molar-refractivity contribution in [3.05, 3.63) is 34.2 Å². The van der Waals surface area contributed by atoms with Crippen LogP contribution in [0.4, 0.5) is 0 Å². The molecule has 4 heteroatoms. The normalized spacial score (nSPS) is 11.2. The van der Waals surface area contributed by atoms with E-state index in [1.165, 1.54) is 4.57 Å². The number of nitrogens with zero attached hydrogens (tertiary/aromatic N) is 1. The Bertz CT molecular complexity index is 446. The summed E-state index contributed by atoms with van der Waals surface area (Å²) in [6, 6.07) is 3.47. The summed E-state index contributed by atoms with van der Waals surface area (Å²) in [7, 11) is 0. The van der Waals surface area contributed by atoms with Gasteiger partial charge in [0.1, 0.15) is 5.54 Å². The van der Waals surface area contributed by atoms with Gasteiger partial charge in [0.15, 0.2) is 0 Å². The van der Waals surface area contributed by atoms with Crippen molar-refractivity contribution in [2.75, 3.05) is 6.61 Å². The molecule has 88 valence electrons. The highest BCUT2D eigenvalue weighted by atomic mass is 16.5. The van der Waals surface area contributed by atoms with Crippen molar-refractivity contribution in [3.8, 4) is 0 Å². The number of carbonyl (C=O) groups is 1. The van der Waals surface area contributed by atoms with Crippen molar-refractivity contribution < 1.29 is 9.53 Å². The number of hydrogen-bond acceptors (Lipinski definition) is 3. The molecule has 16 heavy (non-hydrogen) atoms. The lowest BCUT2D eigenvalue weighted by atomic mass is 10.1. The van der Waals surface area contributed by atoms with E-state index in [0.717, 1.165) is 0 Å². The third-order valence-electron chi connectivity index (χ3n) is 2.51. The second kappa shape index (κ2) is 4.51. The van der Waals surface area contributed by atoms with Gasteiger partial charge in [-0.25, -0.2) is 4.79 Å². The molecule has 0 atom stereocenters. The topological polar surface area (TPSA) is 48.3 Å². The van der Waals surface area contributed by atoms with E-state index in [4.69, 9.17) is 4.74 Å². The molecule has 0 N–H and O–H groups in total. The number of aryl methyl sites for hydroxylation is 1. The van der Waals surface area contributed by atoms with E-state index in [1.54, 1.807) is 46.0 Å². The molecule has 0 aliphatic carbocycles. The molecule has 0 aromatic carbocycles. The first kappa shape index (κ1) is 12.5. The summed E-state index contributed by atoms with van der Waals surface area (Å²) in [6.07, 6.45) is 1.60. The molecule has 0 unspecified atom stereocenters. The molecule has 1 aromatic rings. The van der Waals surface area contributed by atoms with Crippen LogP contribution in [0.15, 0.2) is 23.1 Å². The van der Waals surface area contributed by atoms with Crippen molar-refractivity contribution in [1.29, 1.82) is 0 Å². The second-order valence-corrected chi connectivity index (χ2v) is 4.15. The van der Waals surface area contributed by atoms with E-state index >= 15 is 0 Å². The average molecular weight is 223 g/mol. The summed E-state index contributed by atoms with van der Waals surface area (Å²) in [5.41, 5.74) is -0.528. The van der Waals surface area contributed by atoms with Crippen molar-refractivity contribution in [1.82, 2.24) is 4.57 Å². The maximum Gasteiger partial charge on any atom is 0.331 e. The quantitative estimate of drug-likeness (QED) is 0.729. The third-order valence-corrected chi connectivity index (χ3v) is 2.51. The van der Waals surface area contributed by atoms with Crippen LogP contribution in [-0.4, -0.2) is 17.1 Å². The number of carbonyl (C=O) groups excluding carboxylic acids is 1. The van der Waals surface area contributed by atoms with Crippen LogP contribution in [-0.2, 0) is 15.1 Å². The molecule has 0 spiro atoms. The summed E-state index contributed by atoms with van der Waals surface area (Å²) >= 11 is 0. The Morgan fingerprint density at radius 1 is 1.50 bits per heavy atom. The number of rotatable bonds is 3. The minimum atomic E-state index is -0.973. The zero-order chi connectivity index (χ0) is 12.3. The maximum absolute atomic E-state index is 11.9. The summed E-state index contributed by atoms with van der Waals surface area (Å²) in [5, 5.41) is 0. The fourth-order valence-electron chi connectivity index (χ4n) is 1.45. The highest BCUT2D eigenvalue weighted by molar-refractivity contribution is 5.77. The van der Waals surface area contributed by atoms with E-state index < -0.39 is 11.5 Å². The van der Waals surface area contributed by atoms with E-state index in [2.05, 4.69) is 0 Å². The minimum absolute atomic E-state index is 0.166. The van der Waals surface area contributed by atoms with Crippen LogP contribution in [0, 0.1) is 6.92 Å². The Morgan fingerprint density at radius 3 is 2.69 bits per heavy atom. The number of ether oxygens (including phenoxy) is 1. The van der Waals surface area contributed by atoms with Gasteiger partial charge in [-0.2, -0.15) is 0 Å². The predicted octanol–water partition coefficient (Wildman–Crippen LogP) is 1.45. The molecule has 0 aliphatic heterocycles. The minimum Gasteiger partial charge on any atom is -0.464 e. The van der Waals surface area contributed by atoms with Gasteiger partial charge in [-0.1, -0.05) is 6.07 Å². The number of aromatic nitrogens is 1. The molecule has 1 aromatic heterocycles. The summed E-state index contributed by atoms with van der Waals surface area (Å²) in [4.78, 5) is 23.6. The lowest BCUT2D eigenvalue weighted by Gasteiger charge is -2.25. The highest BCUT2D eigenvalue weighted by Gasteiger charge is 2.32. The van der Waals surface area contributed by atoms with Gasteiger partial charge in [0.2, 0.25) is 0 Å². The van der Waals surface area contributed by atoms with Crippen LogP contribution in [0.25, 0.3) is 0 Å². The number of esters is 1. The van der Waals surface area contributed by atoms with Gasteiger partial charge in [-0.15, -0.1) is 0 Å². The largest absolute Gasteiger partial charge is 0.464 e. The molecule has 0 saturated heterocycles. The first-order valence-corrected chi connectivity index (χ1v) is 5.27. The fourth-order valence-corrected chi connectivity index (χ4v) is 1.45. The van der Waals surface area contributed by atoms with E-state index in [-0.39, 0.29) is 5.56 Å². The third kappa shape index (κ3) is 2.15. The van der Waals surface area contributed by atoms with Crippen molar-refractivity contribution >= 4 is 5.97 Å².